The van der Waals surface area contributed by atoms with Crippen LogP contribution >= 0.6 is 0 Å². The van der Waals surface area contributed by atoms with Gasteiger partial charge in [-0.15, -0.1) is 0 Å². The summed E-state index contributed by atoms with van der Waals surface area (Å²) in [6, 6.07) is 21.4. The van der Waals surface area contributed by atoms with E-state index >= 15 is 0 Å². The van der Waals surface area contributed by atoms with Crippen molar-refractivity contribution in [2.75, 3.05) is 17.5 Å². The number of benzene rings is 3. The van der Waals surface area contributed by atoms with Gasteiger partial charge >= 0.3 is 0 Å². The molecule has 0 aliphatic carbocycles. The Morgan fingerprint density at radius 2 is 1.58 bits per heavy atom. The van der Waals surface area contributed by atoms with Crippen LogP contribution < -0.4 is 9.04 Å². The van der Waals surface area contributed by atoms with Crippen LogP contribution in [-0.4, -0.2) is 32.7 Å². The van der Waals surface area contributed by atoms with Crippen LogP contribution in [0.2, 0.25) is 0 Å². The van der Waals surface area contributed by atoms with E-state index < -0.39 is 20.7 Å². The summed E-state index contributed by atoms with van der Waals surface area (Å²) in [5, 5.41) is 11.6. The van der Waals surface area contributed by atoms with Crippen molar-refractivity contribution in [3.63, 3.8) is 0 Å². The van der Waals surface area contributed by atoms with Crippen LogP contribution in [0.25, 0.3) is 0 Å². The van der Waals surface area contributed by atoms with Crippen LogP contribution in [-0.2, 0) is 20.5 Å². The number of sulfonamides is 1. The monoisotopic (exact) mass is 440 g/mol. The van der Waals surface area contributed by atoms with E-state index in [1.54, 1.807) is 60.7 Å². The van der Waals surface area contributed by atoms with E-state index in [0.717, 1.165) is 0 Å². The maximum atomic E-state index is 13.4. The standard InChI is InChI=1S/C22H20N2O6S/c25-24(26)22-13-20(29-14-21-15-30-21)12-11-17(22)16-31(27,28)23(18-7-3-1-4-8-18)19-9-5-2-6-10-19/h1-13,21H,14-16H2. The van der Waals surface area contributed by atoms with Gasteiger partial charge in [-0.1, -0.05) is 36.4 Å². The van der Waals surface area contributed by atoms with Gasteiger partial charge in [-0.3, -0.25) is 10.1 Å². The third-order valence-electron chi connectivity index (χ3n) is 4.69. The first-order chi connectivity index (χ1) is 14.9. The van der Waals surface area contributed by atoms with E-state index in [4.69, 9.17) is 9.47 Å². The van der Waals surface area contributed by atoms with Gasteiger partial charge < -0.3 is 9.47 Å². The van der Waals surface area contributed by atoms with Gasteiger partial charge in [0.2, 0.25) is 10.0 Å². The second-order valence-corrected chi connectivity index (χ2v) is 8.82. The molecule has 0 bridgehead atoms. The van der Waals surface area contributed by atoms with Crippen molar-refractivity contribution in [1.29, 1.82) is 0 Å². The first-order valence-corrected chi connectivity index (χ1v) is 11.2. The van der Waals surface area contributed by atoms with Crippen LogP contribution in [0, 0.1) is 10.1 Å². The Morgan fingerprint density at radius 1 is 1.00 bits per heavy atom. The maximum absolute atomic E-state index is 13.4. The lowest BCUT2D eigenvalue weighted by Gasteiger charge is -2.24. The quantitative estimate of drug-likeness (QED) is 0.283. The van der Waals surface area contributed by atoms with Crippen LogP contribution in [0.1, 0.15) is 5.56 Å². The van der Waals surface area contributed by atoms with Crippen LogP contribution in [0.3, 0.4) is 0 Å². The molecule has 8 nitrogen and oxygen atoms in total. The molecule has 0 amide bonds. The van der Waals surface area contributed by atoms with E-state index in [9.17, 15) is 18.5 Å². The molecule has 1 atom stereocenters. The molecule has 1 unspecified atom stereocenters. The van der Waals surface area contributed by atoms with E-state index in [1.165, 1.54) is 22.5 Å². The summed E-state index contributed by atoms with van der Waals surface area (Å²) >= 11 is 0. The summed E-state index contributed by atoms with van der Waals surface area (Å²) in [5.74, 6) is -0.245. The highest BCUT2D eigenvalue weighted by atomic mass is 32.2. The number of nitro benzene ring substituents is 1. The minimum Gasteiger partial charge on any atom is -0.491 e. The molecule has 0 aromatic heterocycles. The largest absolute Gasteiger partial charge is 0.491 e. The fourth-order valence-corrected chi connectivity index (χ4v) is 4.79. The zero-order chi connectivity index (χ0) is 21.8. The van der Waals surface area contributed by atoms with Crippen LogP contribution in [0.4, 0.5) is 17.1 Å². The van der Waals surface area contributed by atoms with Crippen molar-refractivity contribution < 1.29 is 22.8 Å². The molecule has 0 spiro atoms. The van der Waals surface area contributed by atoms with Gasteiger partial charge in [0.1, 0.15) is 24.2 Å². The zero-order valence-electron chi connectivity index (χ0n) is 16.5. The van der Waals surface area contributed by atoms with Crippen LogP contribution in [0.5, 0.6) is 5.75 Å². The Kier molecular flexibility index (Phi) is 5.88. The Hall–Kier alpha value is -3.43. The first-order valence-electron chi connectivity index (χ1n) is 9.59. The number of nitrogens with zero attached hydrogens (tertiary/aromatic N) is 2. The Morgan fingerprint density at radius 3 is 2.10 bits per heavy atom. The highest BCUT2D eigenvalue weighted by Gasteiger charge is 2.29. The second-order valence-electron chi connectivity index (χ2n) is 7.01. The predicted molar refractivity (Wildman–Crippen MR) is 116 cm³/mol. The van der Waals surface area contributed by atoms with Gasteiger partial charge in [-0.05, 0) is 36.4 Å². The molecule has 0 radical (unpaired) electrons. The normalized spacial score (nSPS) is 15.3. The molecule has 0 N–H and O–H groups in total. The summed E-state index contributed by atoms with van der Waals surface area (Å²) in [5.41, 5.74) is 0.664. The first kappa shape index (κ1) is 20.8. The molecule has 3 aromatic rings. The second kappa shape index (κ2) is 8.75. The number of para-hydroxylation sites is 2. The van der Waals surface area contributed by atoms with Crippen molar-refractivity contribution in [2.24, 2.45) is 0 Å². The summed E-state index contributed by atoms with van der Waals surface area (Å²) in [6.45, 7) is 0.901. The topological polar surface area (TPSA) is 102 Å². The molecule has 0 saturated carbocycles. The molecular weight excluding hydrogens is 420 g/mol. The minimum absolute atomic E-state index is 0.00409. The number of rotatable bonds is 9. The number of hydrogen-bond acceptors (Lipinski definition) is 6. The van der Waals surface area contributed by atoms with Gasteiger partial charge in [0.05, 0.1) is 29.0 Å². The van der Waals surface area contributed by atoms with E-state index in [1.807, 2.05) is 0 Å². The molecule has 1 heterocycles. The molecule has 3 aromatic carbocycles. The fraction of sp³-hybridized carbons (Fsp3) is 0.182. The number of epoxide rings is 1. The van der Waals surface area contributed by atoms with Crippen molar-refractivity contribution >= 4 is 27.1 Å². The van der Waals surface area contributed by atoms with E-state index in [2.05, 4.69) is 0 Å². The lowest BCUT2D eigenvalue weighted by molar-refractivity contribution is -0.385. The summed E-state index contributed by atoms with van der Waals surface area (Å²) in [7, 11) is -4.00. The smallest absolute Gasteiger partial charge is 0.277 e. The van der Waals surface area contributed by atoms with Crippen molar-refractivity contribution in [3.05, 3.63) is 94.5 Å². The highest BCUT2D eigenvalue weighted by Crippen LogP contribution is 2.33. The third kappa shape index (κ3) is 5.01. The molecule has 1 saturated heterocycles. The van der Waals surface area contributed by atoms with Crippen molar-refractivity contribution in [2.45, 2.75) is 11.9 Å². The minimum atomic E-state index is -4.00. The van der Waals surface area contributed by atoms with Gasteiger partial charge in [0.25, 0.3) is 5.69 Å². The van der Waals surface area contributed by atoms with E-state index in [0.29, 0.717) is 30.3 Å². The molecule has 1 aliphatic rings. The Labute approximate surface area is 179 Å². The predicted octanol–water partition coefficient (Wildman–Crippen LogP) is 4.04. The lowest BCUT2D eigenvalue weighted by Crippen LogP contribution is -2.27. The zero-order valence-corrected chi connectivity index (χ0v) is 17.3. The average molecular weight is 440 g/mol. The molecule has 31 heavy (non-hydrogen) atoms. The van der Waals surface area contributed by atoms with Gasteiger partial charge in [0.15, 0.2) is 0 Å². The third-order valence-corrected chi connectivity index (χ3v) is 6.34. The summed E-state index contributed by atoms with van der Waals surface area (Å²) in [6.07, 6.45) is 0.00409. The molecule has 160 valence electrons. The molecule has 4 rings (SSSR count). The number of hydrogen-bond donors (Lipinski definition) is 0. The average Bonchev–Trinajstić information content (AvgIpc) is 3.59. The fourth-order valence-electron chi connectivity index (χ4n) is 3.14. The van der Waals surface area contributed by atoms with Gasteiger partial charge in [0, 0.05) is 5.56 Å². The number of nitro groups is 1. The summed E-state index contributed by atoms with van der Waals surface area (Å²) in [4.78, 5) is 11.0. The van der Waals surface area contributed by atoms with Crippen LogP contribution in [0.15, 0.2) is 78.9 Å². The molecular formula is C22H20N2O6S. The number of ether oxygens (including phenoxy) is 2. The Balaban J connectivity index is 1.68. The molecule has 9 heteroatoms. The maximum Gasteiger partial charge on any atom is 0.277 e. The molecule has 1 aliphatic heterocycles. The summed E-state index contributed by atoms with van der Waals surface area (Å²) < 4.78 is 38.6. The van der Waals surface area contributed by atoms with Gasteiger partial charge in [-0.25, -0.2) is 12.7 Å². The van der Waals surface area contributed by atoms with Crippen molar-refractivity contribution in [3.8, 4) is 5.75 Å². The number of anilines is 2. The van der Waals surface area contributed by atoms with Gasteiger partial charge in [-0.2, -0.15) is 0 Å². The Bertz CT molecular complexity index is 1130. The molecule has 1 fully saturated rings. The highest BCUT2D eigenvalue weighted by molar-refractivity contribution is 7.92. The van der Waals surface area contributed by atoms with E-state index in [-0.39, 0.29) is 17.4 Å². The lowest BCUT2D eigenvalue weighted by atomic mass is 10.2. The SMILES string of the molecule is O=[N+]([O-])c1cc(OCC2CO2)ccc1CS(=O)(=O)N(c1ccccc1)c1ccccc1. The van der Waals surface area contributed by atoms with Crippen molar-refractivity contribution in [1.82, 2.24) is 0 Å².